The number of phenols is 1. The lowest BCUT2D eigenvalue weighted by molar-refractivity contribution is -0.00950. The first-order chi connectivity index (χ1) is 15.2. The van der Waals surface area contributed by atoms with E-state index in [1.165, 1.54) is 18.2 Å². The van der Waals surface area contributed by atoms with Gasteiger partial charge in [0.25, 0.3) is 0 Å². The number of aromatic amines is 1. The van der Waals surface area contributed by atoms with Crippen LogP contribution < -0.4 is 4.90 Å². The number of nitrogens with one attached hydrogen (secondary N) is 1. The summed E-state index contributed by atoms with van der Waals surface area (Å²) < 4.78 is 14.1. The fraction of sp³-hybridized carbons (Fsp3) is 0.261. The average molecular weight is 416 g/mol. The molecule has 0 amide bonds. The van der Waals surface area contributed by atoms with Gasteiger partial charge >= 0.3 is 0 Å². The van der Waals surface area contributed by atoms with E-state index in [1.54, 1.807) is 6.33 Å². The molecule has 1 aromatic carbocycles. The molecule has 3 aromatic heterocycles. The van der Waals surface area contributed by atoms with Crippen molar-refractivity contribution in [1.29, 1.82) is 0 Å². The zero-order chi connectivity index (χ0) is 20.9. The Balaban J connectivity index is 1.17. The summed E-state index contributed by atoms with van der Waals surface area (Å²) in [6, 6.07) is 11.0. The zero-order valence-corrected chi connectivity index (χ0v) is 16.7. The van der Waals surface area contributed by atoms with Crippen LogP contribution in [0.4, 0.5) is 10.2 Å². The highest BCUT2D eigenvalue weighted by Gasteiger charge is 2.44. The number of pyridine rings is 1. The van der Waals surface area contributed by atoms with Crippen LogP contribution in [-0.4, -0.2) is 55.1 Å². The Hall–Kier alpha value is -3.52. The topological polar surface area (TPSA) is 81.2 Å². The monoisotopic (exact) mass is 416 g/mol. The van der Waals surface area contributed by atoms with Crippen molar-refractivity contribution in [2.45, 2.75) is 25.0 Å². The van der Waals surface area contributed by atoms with E-state index in [9.17, 15) is 9.50 Å². The van der Waals surface area contributed by atoms with Crippen molar-refractivity contribution in [3.8, 4) is 17.0 Å². The van der Waals surface area contributed by atoms with Crippen LogP contribution in [0, 0.1) is 5.82 Å². The molecule has 8 heteroatoms. The first-order valence-electron chi connectivity index (χ1n) is 10.4. The van der Waals surface area contributed by atoms with E-state index >= 15 is 0 Å². The Morgan fingerprint density at radius 2 is 1.94 bits per heavy atom. The van der Waals surface area contributed by atoms with Gasteiger partial charge < -0.3 is 15.0 Å². The lowest BCUT2D eigenvalue weighted by Crippen LogP contribution is -2.68. The maximum atomic E-state index is 14.1. The van der Waals surface area contributed by atoms with Crippen molar-refractivity contribution in [1.82, 2.24) is 24.8 Å². The van der Waals surface area contributed by atoms with Gasteiger partial charge in [0.2, 0.25) is 0 Å². The highest BCUT2D eigenvalue weighted by molar-refractivity contribution is 5.90. The fourth-order valence-electron chi connectivity index (χ4n) is 4.83. The number of rotatable bonds is 4. The summed E-state index contributed by atoms with van der Waals surface area (Å²) >= 11 is 0. The lowest BCUT2D eigenvalue weighted by atomic mass is 9.86. The number of aromatic hydroxyl groups is 1. The van der Waals surface area contributed by atoms with Crippen LogP contribution in [0.1, 0.15) is 12.0 Å². The molecule has 0 spiro atoms. The molecular formula is C23H21FN6O. The first-order valence-corrected chi connectivity index (χ1v) is 10.4. The number of halogens is 1. The van der Waals surface area contributed by atoms with Gasteiger partial charge in [0.1, 0.15) is 29.4 Å². The van der Waals surface area contributed by atoms with Crippen LogP contribution in [0.15, 0.2) is 55.1 Å². The molecule has 3 aliphatic heterocycles. The van der Waals surface area contributed by atoms with Gasteiger partial charge in [0, 0.05) is 60.6 Å². The zero-order valence-electron chi connectivity index (χ0n) is 16.7. The van der Waals surface area contributed by atoms with Crippen LogP contribution in [-0.2, 0) is 6.54 Å². The molecule has 7 nitrogen and oxygen atoms in total. The van der Waals surface area contributed by atoms with Crippen molar-refractivity contribution < 1.29 is 9.50 Å². The molecule has 31 heavy (non-hydrogen) atoms. The summed E-state index contributed by atoms with van der Waals surface area (Å²) in [5.74, 6) is 0.785. The Morgan fingerprint density at radius 3 is 2.74 bits per heavy atom. The number of benzene rings is 1. The number of phenolic OH excluding ortho intramolecular Hbond substituents is 1. The molecule has 6 heterocycles. The SMILES string of the molecule is Oc1ccc(F)c(CN2C3CC2CN(c2ccc(-c4ncnc5[nH]ccc45)cn2)C3)c1. The number of H-pyrrole nitrogens is 1. The number of piperidine rings is 1. The molecule has 0 radical (unpaired) electrons. The van der Waals surface area contributed by atoms with Gasteiger partial charge in [0.15, 0.2) is 0 Å². The summed E-state index contributed by atoms with van der Waals surface area (Å²) in [5.41, 5.74) is 3.19. The number of nitrogens with zero attached hydrogens (tertiary/aromatic N) is 5. The minimum atomic E-state index is -0.266. The predicted molar refractivity (Wildman–Crippen MR) is 115 cm³/mol. The van der Waals surface area contributed by atoms with Gasteiger partial charge in [-0.15, -0.1) is 0 Å². The molecule has 2 N–H and O–H groups in total. The number of aromatic nitrogens is 4. The third-order valence-corrected chi connectivity index (χ3v) is 6.43. The van der Waals surface area contributed by atoms with E-state index < -0.39 is 0 Å². The second-order valence-corrected chi connectivity index (χ2v) is 8.26. The Labute approximate surface area is 178 Å². The number of anilines is 1. The van der Waals surface area contributed by atoms with Crippen molar-refractivity contribution >= 4 is 16.9 Å². The molecule has 0 aliphatic carbocycles. The molecule has 7 rings (SSSR count). The van der Waals surface area contributed by atoms with E-state index in [1.807, 2.05) is 24.5 Å². The molecule has 3 saturated heterocycles. The van der Waals surface area contributed by atoms with E-state index in [0.29, 0.717) is 24.2 Å². The molecular weight excluding hydrogens is 395 g/mol. The van der Waals surface area contributed by atoms with Crippen LogP contribution in [0.25, 0.3) is 22.3 Å². The number of hydrogen-bond donors (Lipinski definition) is 2. The van der Waals surface area contributed by atoms with E-state index in [0.717, 1.165) is 47.6 Å². The Kier molecular flexibility index (Phi) is 4.14. The minimum absolute atomic E-state index is 0.105. The van der Waals surface area contributed by atoms with Crippen LogP contribution in [0.3, 0.4) is 0 Å². The highest BCUT2D eigenvalue weighted by atomic mass is 19.1. The van der Waals surface area contributed by atoms with E-state index in [4.69, 9.17) is 4.98 Å². The van der Waals surface area contributed by atoms with Gasteiger partial charge in [-0.25, -0.2) is 19.3 Å². The maximum Gasteiger partial charge on any atom is 0.141 e. The maximum absolute atomic E-state index is 14.1. The van der Waals surface area contributed by atoms with Crippen LogP contribution in [0.2, 0.25) is 0 Å². The second kappa shape index (κ2) is 7.02. The largest absolute Gasteiger partial charge is 0.508 e. The van der Waals surface area contributed by atoms with Crippen LogP contribution >= 0.6 is 0 Å². The highest BCUT2D eigenvalue weighted by Crippen LogP contribution is 2.36. The van der Waals surface area contributed by atoms with Gasteiger partial charge in [-0.2, -0.15) is 0 Å². The first kappa shape index (κ1) is 18.3. The third-order valence-electron chi connectivity index (χ3n) is 6.43. The van der Waals surface area contributed by atoms with E-state index in [2.05, 4.69) is 30.8 Å². The molecule has 2 bridgehead atoms. The molecule has 2 unspecified atom stereocenters. The molecule has 2 atom stereocenters. The number of hydrogen-bond acceptors (Lipinski definition) is 6. The van der Waals surface area contributed by atoms with E-state index in [-0.39, 0.29) is 11.6 Å². The summed E-state index contributed by atoms with van der Waals surface area (Å²) in [6.45, 7) is 2.24. The minimum Gasteiger partial charge on any atom is -0.508 e. The third kappa shape index (κ3) is 3.11. The summed E-state index contributed by atoms with van der Waals surface area (Å²) in [6.07, 6.45) is 6.40. The van der Waals surface area contributed by atoms with Gasteiger partial charge in [0.05, 0.1) is 5.69 Å². The number of fused-ring (bicyclic) bond motifs is 3. The molecule has 0 saturated carbocycles. The standard InChI is InChI=1S/C23H21FN6O/c24-20-3-2-18(31)7-15(20)10-30-16-8-17(30)12-29(11-16)21-4-1-14(9-26-21)22-19-5-6-25-23(19)28-13-27-22/h1-7,9,13,16-17,31H,8,10-12H2,(H,25,27,28). The summed E-state index contributed by atoms with van der Waals surface area (Å²) in [4.78, 5) is 21.1. The smallest absolute Gasteiger partial charge is 0.141 e. The molecule has 4 aromatic rings. The van der Waals surface area contributed by atoms with Crippen molar-refractivity contribution in [2.24, 2.45) is 0 Å². The lowest BCUT2D eigenvalue weighted by Gasteiger charge is -2.56. The predicted octanol–water partition coefficient (Wildman–Crippen LogP) is 3.33. The number of piperazine rings is 1. The average Bonchev–Trinajstić information content (AvgIpc) is 3.29. The van der Waals surface area contributed by atoms with Gasteiger partial charge in [-0.1, -0.05) is 0 Å². The second-order valence-electron chi connectivity index (χ2n) is 8.26. The quantitative estimate of drug-likeness (QED) is 0.531. The molecule has 156 valence electrons. The van der Waals surface area contributed by atoms with Crippen molar-refractivity contribution in [3.05, 3.63) is 66.5 Å². The Bertz CT molecular complexity index is 1240. The Morgan fingerprint density at radius 1 is 1.06 bits per heavy atom. The van der Waals surface area contributed by atoms with Gasteiger partial charge in [-0.3, -0.25) is 4.90 Å². The van der Waals surface area contributed by atoms with Gasteiger partial charge in [-0.05, 0) is 42.8 Å². The van der Waals surface area contributed by atoms with Crippen molar-refractivity contribution in [3.63, 3.8) is 0 Å². The fourth-order valence-corrected chi connectivity index (χ4v) is 4.83. The normalized spacial score (nSPS) is 20.7. The summed E-state index contributed by atoms with van der Waals surface area (Å²) in [5, 5.41) is 10.7. The molecule has 3 aliphatic rings. The molecule has 3 fully saturated rings. The van der Waals surface area contributed by atoms with Crippen LogP contribution in [0.5, 0.6) is 5.75 Å². The summed E-state index contributed by atoms with van der Waals surface area (Å²) in [7, 11) is 0. The van der Waals surface area contributed by atoms with Crippen molar-refractivity contribution in [2.75, 3.05) is 18.0 Å².